The number of rotatable bonds is 5. The van der Waals surface area contributed by atoms with Crippen molar-refractivity contribution in [3.8, 4) is 5.75 Å². The summed E-state index contributed by atoms with van der Waals surface area (Å²) in [5.41, 5.74) is 3.24. The molecule has 1 atom stereocenters. The first kappa shape index (κ1) is 18.3. The summed E-state index contributed by atoms with van der Waals surface area (Å²) in [4.78, 5) is 17.0. The van der Waals surface area contributed by atoms with E-state index < -0.39 is 0 Å². The van der Waals surface area contributed by atoms with E-state index in [-0.39, 0.29) is 5.91 Å². The summed E-state index contributed by atoms with van der Waals surface area (Å²) in [7, 11) is 1.61. The van der Waals surface area contributed by atoms with Gasteiger partial charge < -0.3 is 15.0 Å². The summed E-state index contributed by atoms with van der Waals surface area (Å²) in [6.07, 6.45) is 0. The highest BCUT2D eigenvalue weighted by molar-refractivity contribution is 5.93. The molecule has 1 unspecified atom stereocenters. The third-order valence-corrected chi connectivity index (χ3v) is 4.83. The number of piperazine rings is 1. The van der Waals surface area contributed by atoms with Crippen molar-refractivity contribution in [1.82, 2.24) is 4.90 Å². The summed E-state index contributed by atoms with van der Waals surface area (Å²) < 4.78 is 5.29. The van der Waals surface area contributed by atoms with Crippen LogP contribution in [0.3, 0.4) is 0 Å². The SMILES string of the molecule is COc1ccccc1NC(=O)CN1CCN(c2ccc(C)cc2)C(C)C1. The van der Waals surface area contributed by atoms with Crippen molar-refractivity contribution in [2.45, 2.75) is 19.9 Å². The second-order valence-electron chi connectivity index (χ2n) is 6.86. The number of hydrogen-bond acceptors (Lipinski definition) is 4. The molecule has 26 heavy (non-hydrogen) atoms. The fourth-order valence-corrected chi connectivity index (χ4v) is 3.44. The van der Waals surface area contributed by atoms with Crippen molar-refractivity contribution >= 4 is 17.3 Å². The Morgan fingerprint density at radius 3 is 2.58 bits per heavy atom. The van der Waals surface area contributed by atoms with E-state index in [2.05, 4.69) is 53.2 Å². The van der Waals surface area contributed by atoms with Crippen molar-refractivity contribution in [3.05, 3.63) is 54.1 Å². The molecule has 0 aliphatic carbocycles. The van der Waals surface area contributed by atoms with Crippen molar-refractivity contribution in [2.24, 2.45) is 0 Å². The number of nitrogens with zero attached hydrogens (tertiary/aromatic N) is 2. The lowest BCUT2D eigenvalue weighted by molar-refractivity contribution is -0.117. The van der Waals surface area contributed by atoms with E-state index in [1.807, 2.05) is 24.3 Å². The van der Waals surface area contributed by atoms with E-state index >= 15 is 0 Å². The Balaban J connectivity index is 1.55. The first-order valence-electron chi connectivity index (χ1n) is 9.05. The van der Waals surface area contributed by atoms with Crippen LogP contribution in [0.4, 0.5) is 11.4 Å². The molecule has 138 valence electrons. The summed E-state index contributed by atoms with van der Waals surface area (Å²) in [6, 6.07) is 16.5. The Morgan fingerprint density at radius 1 is 1.15 bits per heavy atom. The molecule has 0 radical (unpaired) electrons. The van der Waals surface area contributed by atoms with Crippen LogP contribution in [0, 0.1) is 6.92 Å². The average Bonchev–Trinajstić information content (AvgIpc) is 2.63. The number of aryl methyl sites for hydroxylation is 1. The first-order valence-corrected chi connectivity index (χ1v) is 9.05. The maximum Gasteiger partial charge on any atom is 0.238 e. The topological polar surface area (TPSA) is 44.8 Å². The number of benzene rings is 2. The summed E-state index contributed by atoms with van der Waals surface area (Å²) >= 11 is 0. The van der Waals surface area contributed by atoms with Gasteiger partial charge in [-0.1, -0.05) is 29.8 Å². The maximum atomic E-state index is 12.4. The molecule has 1 amide bonds. The molecule has 1 fully saturated rings. The van der Waals surface area contributed by atoms with Gasteiger partial charge in [-0.15, -0.1) is 0 Å². The molecular formula is C21H27N3O2. The van der Waals surface area contributed by atoms with E-state index in [1.54, 1.807) is 7.11 Å². The zero-order valence-corrected chi connectivity index (χ0v) is 15.7. The highest BCUT2D eigenvalue weighted by Gasteiger charge is 2.25. The van der Waals surface area contributed by atoms with Crippen LogP contribution in [0.25, 0.3) is 0 Å². The van der Waals surface area contributed by atoms with Crippen LogP contribution in [0.1, 0.15) is 12.5 Å². The molecule has 5 heteroatoms. The largest absolute Gasteiger partial charge is 0.495 e. The zero-order chi connectivity index (χ0) is 18.5. The Hall–Kier alpha value is -2.53. The van der Waals surface area contributed by atoms with Crippen LogP contribution in [0.15, 0.2) is 48.5 Å². The minimum Gasteiger partial charge on any atom is -0.495 e. The molecule has 5 nitrogen and oxygen atoms in total. The van der Waals surface area contributed by atoms with E-state index in [0.717, 1.165) is 19.6 Å². The number of anilines is 2. The third-order valence-electron chi connectivity index (χ3n) is 4.83. The monoisotopic (exact) mass is 353 g/mol. The Bertz CT molecular complexity index is 745. The fourth-order valence-electron chi connectivity index (χ4n) is 3.44. The number of carbonyl (C=O) groups excluding carboxylic acids is 1. The number of nitrogens with one attached hydrogen (secondary N) is 1. The van der Waals surface area contributed by atoms with E-state index in [1.165, 1.54) is 11.3 Å². The van der Waals surface area contributed by atoms with Gasteiger partial charge in [0.05, 0.1) is 19.3 Å². The van der Waals surface area contributed by atoms with Crippen LogP contribution in [0.5, 0.6) is 5.75 Å². The van der Waals surface area contributed by atoms with Gasteiger partial charge in [-0.25, -0.2) is 0 Å². The summed E-state index contributed by atoms with van der Waals surface area (Å²) in [5, 5.41) is 2.95. The number of carbonyl (C=O) groups is 1. The zero-order valence-electron chi connectivity index (χ0n) is 15.7. The van der Waals surface area contributed by atoms with Crippen molar-refractivity contribution in [1.29, 1.82) is 0 Å². The second kappa shape index (κ2) is 8.23. The Labute approximate surface area is 155 Å². The lowest BCUT2D eigenvalue weighted by Gasteiger charge is -2.41. The van der Waals surface area contributed by atoms with Crippen LogP contribution >= 0.6 is 0 Å². The Morgan fingerprint density at radius 2 is 1.88 bits per heavy atom. The fraction of sp³-hybridized carbons (Fsp3) is 0.381. The normalized spacial score (nSPS) is 17.8. The molecule has 1 aliphatic heterocycles. The lowest BCUT2D eigenvalue weighted by atomic mass is 10.1. The molecule has 3 rings (SSSR count). The van der Waals surface area contributed by atoms with Crippen LogP contribution < -0.4 is 15.0 Å². The van der Waals surface area contributed by atoms with Crippen molar-refractivity contribution < 1.29 is 9.53 Å². The predicted octanol–water partition coefficient (Wildman–Crippen LogP) is 3.15. The van der Waals surface area contributed by atoms with Gasteiger partial charge in [0.25, 0.3) is 0 Å². The number of para-hydroxylation sites is 2. The minimum atomic E-state index is -0.00881. The molecule has 1 aliphatic rings. The van der Waals surface area contributed by atoms with Crippen LogP contribution in [-0.4, -0.2) is 50.1 Å². The molecule has 0 bridgehead atoms. The van der Waals surface area contributed by atoms with Gasteiger partial charge in [0.15, 0.2) is 0 Å². The quantitative estimate of drug-likeness (QED) is 0.897. The molecular weight excluding hydrogens is 326 g/mol. The first-order chi connectivity index (χ1) is 12.6. The van der Waals surface area contributed by atoms with E-state index in [0.29, 0.717) is 24.0 Å². The Kier molecular flexibility index (Phi) is 5.78. The van der Waals surface area contributed by atoms with Gasteiger partial charge in [-0.2, -0.15) is 0 Å². The van der Waals surface area contributed by atoms with E-state index in [9.17, 15) is 4.79 Å². The molecule has 1 saturated heterocycles. The number of methoxy groups -OCH3 is 1. The van der Waals surface area contributed by atoms with Crippen molar-refractivity contribution in [3.63, 3.8) is 0 Å². The minimum absolute atomic E-state index is 0.00881. The van der Waals surface area contributed by atoms with Gasteiger partial charge in [-0.05, 0) is 38.1 Å². The smallest absolute Gasteiger partial charge is 0.238 e. The molecule has 1 heterocycles. The standard InChI is InChI=1S/C21H27N3O2/c1-16-8-10-18(11-9-16)24-13-12-23(14-17(24)2)15-21(25)22-19-6-4-5-7-20(19)26-3/h4-11,17H,12-15H2,1-3H3,(H,22,25). The molecule has 2 aromatic carbocycles. The molecule has 0 aromatic heterocycles. The molecule has 0 saturated carbocycles. The predicted molar refractivity (Wildman–Crippen MR) is 106 cm³/mol. The third kappa shape index (κ3) is 4.35. The lowest BCUT2D eigenvalue weighted by Crippen LogP contribution is -2.53. The summed E-state index contributed by atoms with van der Waals surface area (Å²) in [6.45, 7) is 7.37. The highest BCUT2D eigenvalue weighted by atomic mass is 16.5. The van der Waals surface area contributed by atoms with Gasteiger partial charge in [0.1, 0.15) is 5.75 Å². The van der Waals surface area contributed by atoms with Gasteiger partial charge in [0.2, 0.25) is 5.91 Å². The summed E-state index contributed by atoms with van der Waals surface area (Å²) in [5.74, 6) is 0.670. The van der Waals surface area contributed by atoms with Gasteiger partial charge in [0, 0.05) is 31.4 Å². The number of ether oxygens (including phenoxy) is 1. The number of amides is 1. The van der Waals surface area contributed by atoms with Gasteiger partial charge >= 0.3 is 0 Å². The van der Waals surface area contributed by atoms with E-state index in [4.69, 9.17) is 4.74 Å². The average molecular weight is 353 g/mol. The van der Waals surface area contributed by atoms with Crippen LogP contribution in [0.2, 0.25) is 0 Å². The van der Waals surface area contributed by atoms with Crippen LogP contribution in [-0.2, 0) is 4.79 Å². The van der Waals surface area contributed by atoms with Gasteiger partial charge in [-0.3, -0.25) is 9.69 Å². The number of hydrogen-bond donors (Lipinski definition) is 1. The maximum absolute atomic E-state index is 12.4. The van der Waals surface area contributed by atoms with Crippen molar-refractivity contribution in [2.75, 3.05) is 43.5 Å². The molecule has 0 spiro atoms. The molecule has 1 N–H and O–H groups in total. The molecule has 2 aromatic rings. The highest BCUT2D eigenvalue weighted by Crippen LogP contribution is 2.24. The second-order valence-corrected chi connectivity index (χ2v) is 6.86.